The van der Waals surface area contributed by atoms with Crippen LogP contribution in [0.15, 0.2) is 42.5 Å². The summed E-state index contributed by atoms with van der Waals surface area (Å²) in [5, 5.41) is 3.89. The number of sulfonamides is 1. The number of halogens is 1. The van der Waals surface area contributed by atoms with E-state index in [0.29, 0.717) is 24.2 Å². The first-order chi connectivity index (χ1) is 14.3. The highest BCUT2D eigenvalue weighted by atomic mass is 35.5. The molecule has 4 rings (SSSR count). The molecule has 2 heterocycles. The number of anilines is 1. The van der Waals surface area contributed by atoms with E-state index in [1.165, 1.54) is 16.1 Å². The number of piperidine rings is 1. The molecule has 8 heteroatoms. The van der Waals surface area contributed by atoms with E-state index in [1.54, 1.807) is 12.1 Å². The summed E-state index contributed by atoms with van der Waals surface area (Å²) in [6, 6.07) is 13.4. The molecule has 0 aliphatic carbocycles. The minimum absolute atomic E-state index is 0.0910. The second-order valence-corrected chi connectivity index (χ2v) is 10.4. The molecule has 1 saturated heterocycles. The standard InChI is InChI=1S/C22H26ClN3O3S/c1-30(28,29)26-13-8-17-14-18(4-7-21(17)26)22(27)24-20-9-11-25(12-10-20)15-16-2-5-19(23)6-3-16/h2-7,14,20H,8-13,15H2,1H3,(H,24,27). The molecule has 30 heavy (non-hydrogen) atoms. The van der Waals surface area contributed by atoms with Gasteiger partial charge < -0.3 is 5.32 Å². The Morgan fingerprint density at radius 2 is 1.80 bits per heavy atom. The summed E-state index contributed by atoms with van der Waals surface area (Å²) in [7, 11) is -3.28. The van der Waals surface area contributed by atoms with Crippen LogP contribution in [-0.4, -0.2) is 51.2 Å². The second kappa shape index (κ2) is 8.57. The number of nitrogens with one attached hydrogen (secondary N) is 1. The van der Waals surface area contributed by atoms with Crippen molar-refractivity contribution >= 4 is 33.2 Å². The molecule has 0 unspecified atom stereocenters. The highest BCUT2D eigenvalue weighted by molar-refractivity contribution is 7.92. The Labute approximate surface area is 182 Å². The first kappa shape index (κ1) is 21.2. The van der Waals surface area contributed by atoms with E-state index in [-0.39, 0.29) is 11.9 Å². The number of hydrogen-bond acceptors (Lipinski definition) is 4. The molecule has 6 nitrogen and oxygen atoms in total. The van der Waals surface area contributed by atoms with Crippen molar-refractivity contribution in [3.63, 3.8) is 0 Å². The number of carbonyl (C=O) groups is 1. The molecule has 1 N–H and O–H groups in total. The van der Waals surface area contributed by atoms with Crippen LogP contribution < -0.4 is 9.62 Å². The van der Waals surface area contributed by atoms with Gasteiger partial charge in [0.25, 0.3) is 5.91 Å². The maximum Gasteiger partial charge on any atom is 0.251 e. The number of amides is 1. The summed E-state index contributed by atoms with van der Waals surface area (Å²) in [4.78, 5) is 15.1. The molecule has 2 aliphatic rings. The summed E-state index contributed by atoms with van der Waals surface area (Å²) in [6.45, 7) is 3.19. The Morgan fingerprint density at radius 3 is 2.47 bits per heavy atom. The van der Waals surface area contributed by atoms with Crippen LogP contribution in [0, 0.1) is 0 Å². The van der Waals surface area contributed by atoms with E-state index >= 15 is 0 Å². The van der Waals surface area contributed by atoms with Crippen LogP contribution in [0.1, 0.15) is 34.3 Å². The first-order valence-electron chi connectivity index (χ1n) is 10.2. The summed E-state index contributed by atoms with van der Waals surface area (Å²) in [5.41, 5.74) is 3.42. The molecule has 0 atom stereocenters. The lowest BCUT2D eigenvalue weighted by molar-refractivity contribution is 0.0909. The van der Waals surface area contributed by atoms with Gasteiger partial charge >= 0.3 is 0 Å². The molecule has 1 fully saturated rings. The fourth-order valence-corrected chi connectivity index (χ4v) is 5.29. The van der Waals surface area contributed by atoms with Gasteiger partial charge in [-0.05, 0) is 60.7 Å². The van der Waals surface area contributed by atoms with Gasteiger partial charge in [-0.1, -0.05) is 23.7 Å². The third-order valence-electron chi connectivity index (χ3n) is 5.84. The van der Waals surface area contributed by atoms with Gasteiger partial charge in [-0.3, -0.25) is 14.0 Å². The highest BCUT2D eigenvalue weighted by Crippen LogP contribution is 2.30. The lowest BCUT2D eigenvalue weighted by Gasteiger charge is -2.32. The zero-order chi connectivity index (χ0) is 21.3. The summed E-state index contributed by atoms with van der Waals surface area (Å²) < 4.78 is 25.1. The summed E-state index contributed by atoms with van der Waals surface area (Å²) >= 11 is 5.95. The monoisotopic (exact) mass is 447 g/mol. The fourth-order valence-electron chi connectivity index (χ4n) is 4.21. The Hall–Kier alpha value is -2.09. The number of nitrogens with zero attached hydrogens (tertiary/aromatic N) is 2. The SMILES string of the molecule is CS(=O)(=O)N1CCc2cc(C(=O)NC3CCN(Cc4ccc(Cl)cc4)CC3)ccc21. The molecule has 0 radical (unpaired) electrons. The molecule has 160 valence electrons. The second-order valence-electron chi connectivity index (χ2n) is 8.08. The van der Waals surface area contributed by atoms with E-state index in [9.17, 15) is 13.2 Å². The van der Waals surface area contributed by atoms with Gasteiger partial charge in [0.1, 0.15) is 0 Å². The van der Waals surface area contributed by atoms with Crippen LogP contribution in [0.5, 0.6) is 0 Å². The highest BCUT2D eigenvalue weighted by Gasteiger charge is 2.27. The maximum absolute atomic E-state index is 12.7. The van der Waals surface area contributed by atoms with E-state index < -0.39 is 10.0 Å². The van der Waals surface area contributed by atoms with Gasteiger partial charge in [0.2, 0.25) is 10.0 Å². The van der Waals surface area contributed by atoms with E-state index in [4.69, 9.17) is 11.6 Å². The van der Waals surface area contributed by atoms with Crippen molar-refractivity contribution in [2.45, 2.75) is 31.8 Å². The third-order valence-corrected chi connectivity index (χ3v) is 7.27. The maximum atomic E-state index is 12.7. The minimum atomic E-state index is -3.28. The van der Waals surface area contributed by atoms with Gasteiger partial charge in [-0.2, -0.15) is 0 Å². The molecule has 0 spiro atoms. The van der Waals surface area contributed by atoms with E-state index in [0.717, 1.165) is 43.1 Å². The van der Waals surface area contributed by atoms with Crippen molar-refractivity contribution in [2.75, 3.05) is 30.2 Å². The van der Waals surface area contributed by atoms with Crippen LogP contribution in [0.3, 0.4) is 0 Å². The van der Waals surface area contributed by atoms with E-state index in [1.807, 2.05) is 18.2 Å². The quantitative estimate of drug-likeness (QED) is 0.764. The van der Waals surface area contributed by atoms with Crippen molar-refractivity contribution in [1.82, 2.24) is 10.2 Å². The molecular weight excluding hydrogens is 422 g/mol. The van der Waals surface area contributed by atoms with Gasteiger partial charge in [0.15, 0.2) is 0 Å². The molecule has 2 aromatic rings. The molecule has 0 saturated carbocycles. The summed E-state index contributed by atoms with van der Waals surface area (Å²) in [6.07, 6.45) is 3.66. The average molecular weight is 448 g/mol. The van der Waals surface area contributed by atoms with Crippen LogP contribution in [-0.2, 0) is 23.0 Å². The molecule has 0 bridgehead atoms. The lowest BCUT2D eigenvalue weighted by atomic mass is 10.0. The normalized spacial score (nSPS) is 17.7. The molecule has 1 amide bonds. The van der Waals surface area contributed by atoms with Gasteiger partial charge in [0, 0.05) is 42.8 Å². The molecule has 0 aromatic heterocycles. The molecular formula is C22H26ClN3O3S. The molecule has 2 aliphatic heterocycles. The number of hydrogen-bond donors (Lipinski definition) is 1. The number of likely N-dealkylation sites (tertiary alicyclic amines) is 1. The Balaban J connectivity index is 1.32. The van der Waals surface area contributed by atoms with Gasteiger partial charge in [0.05, 0.1) is 11.9 Å². The molecule has 2 aromatic carbocycles. The van der Waals surface area contributed by atoms with Crippen LogP contribution in [0.2, 0.25) is 5.02 Å². The number of rotatable bonds is 5. The van der Waals surface area contributed by atoms with Gasteiger partial charge in [-0.15, -0.1) is 0 Å². The predicted octanol–water partition coefficient (Wildman–Crippen LogP) is 3.06. The lowest BCUT2D eigenvalue weighted by Crippen LogP contribution is -2.44. The Bertz CT molecular complexity index is 1030. The first-order valence-corrected chi connectivity index (χ1v) is 12.4. The number of fused-ring (bicyclic) bond motifs is 1. The Morgan fingerprint density at radius 1 is 1.10 bits per heavy atom. The predicted molar refractivity (Wildman–Crippen MR) is 120 cm³/mol. The van der Waals surface area contributed by atoms with Crippen LogP contribution >= 0.6 is 11.6 Å². The average Bonchev–Trinajstić information content (AvgIpc) is 3.15. The largest absolute Gasteiger partial charge is 0.349 e. The zero-order valence-electron chi connectivity index (χ0n) is 17.0. The number of benzene rings is 2. The van der Waals surface area contributed by atoms with E-state index in [2.05, 4.69) is 22.3 Å². The van der Waals surface area contributed by atoms with Crippen molar-refractivity contribution < 1.29 is 13.2 Å². The Kier molecular flexibility index (Phi) is 6.04. The van der Waals surface area contributed by atoms with Crippen molar-refractivity contribution in [3.05, 3.63) is 64.2 Å². The third kappa shape index (κ3) is 4.79. The topological polar surface area (TPSA) is 69.7 Å². The van der Waals surface area contributed by atoms with Crippen LogP contribution in [0.4, 0.5) is 5.69 Å². The van der Waals surface area contributed by atoms with Crippen molar-refractivity contribution in [1.29, 1.82) is 0 Å². The van der Waals surface area contributed by atoms with Gasteiger partial charge in [-0.25, -0.2) is 8.42 Å². The van der Waals surface area contributed by atoms with Crippen molar-refractivity contribution in [2.24, 2.45) is 0 Å². The zero-order valence-corrected chi connectivity index (χ0v) is 18.5. The smallest absolute Gasteiger partial charge is 0.251 e. The number of carbonyl (C=O) groups excluding carboxylic acids is 1. The fraction of sp³-hybridized carbons (Fsp3) is 0.409. The van der Waals surface area contributed by atoms with Crippen molar-refractivity contribution in [3.8, 4) is 0 Å². The summed E-state index contributed by atoms with van der Waals surface area (Å²) in [5.74, 6) is -0.0910. The minimum Gasteiger partial charge on any atom is -0.349 e. The van der Waals surface area contributed by atoms with Crippen LogP contribution in [0.25, 0.3) is 0 Å².